The van der Waals surface area contributed by atoms with Crippen molar-refractivity contribution in [3.8, 4) is 0 Å². The Labute approximate surface area is 116 Å². The van der Waals surface area contributed by atoms with Crippen LogP contribution in [0.5, 0.6) is 0 Å². The van der Waals surface area contributed by atoms with Gasteiger partial charge in [-0.3, -0.25) is 4.90 Å². The van der Waals surface area contributed by atoms with Crippen LogP contribution in [-0.4, -0.2) is 29.6 Å². The maximum Gasteiger partial charge on any atom is 0.0331 e. The van der Waals surface area contributed by atoms with Crippen LogP contribution in [0.15, 0.2) is 17.5 Å². The predicted molar refractivity (Wildman–Crippen MR) is 82.2 cm³/mol. The number of rotatable bonds is 8. The number of nitrogens with one attached hydrogen (secondary N) is 1. The van der Waals surface area contributed by atoms with Gasteiger partial charge in [-0.1, -0.05) is 19.9 Å². The molecule has 1 aromatic heterocycles. The van der Waals surface area contributed by atoms with Crippen LogP contribution in [0.4, 0.5) is 0 Å². The highest BCUT2D eigenvalue weighted by atomic mass is 32.1. The van der Waals surface area contributed by atoms with Crippen molar-refractivity contribution in [2.24, 2.45) is 0 Å². The number of thiophene rings is 1. The second kappa shape index (κ2) is 7.27. The number of nitrogens with zero attached hydrogens (tertiary/aromatic N) is 1. The lowest BCUT2D eigenvalue weighted by Crippen LogP contribution is -2.47. The summed E-state index contributed by atoms with van der Waals surface area (Å²) in [6.45, 7) is 14.6. The predicted octanol–water partition coefficient (Wildman–Crippen LogP) is 3.74. The minimum atomic E-state index is 0.247. The van der Waals surface area contributed by atoms with E-state index in [1.165, 1.54) is 4.88 Å². The summed E-state index contributed by atoms with van der Waals surface area (Å²) in [5.74, 6) is 0. The van der Waals surface area contributed by atoms with Crippen LogP contribution in [0.3, 0.4) is 0 Å². The molecule has 1 aromatic rings. The van der Waals surface area contributed by atoms with E-state index in [1.807, 2.05) is 11.3 Å². The van der Waals surface area contributed by atoms with Crippen LogP contribution in [0.2, 0.25) is 0 Å². The first kappa shape index (κ1) is 15.7. The summed E-state index contributed by atoms with van der Waals surface area (Å²) in [5, 5.41) is 5.82. The van der Waals surface area contributed by atoms with Gasteiger partial charge in [0.25, 0.3) is 0 Å². The normalized spacial score (nSPS) is 14.1. The van der Waals surface area contributed by atoms with E-state index in [4.69, 9.17) is 0 Å². The first-order chi connectivity index (χ1) is 8.48. The first-order valence-corrected chi connectivity index (χ1v) is 7.88. The molecule has 1 rings (SSSR count). The van der Waals surface area contributed by atoms with Gasteiger partial charge in [-0.15, -0.1) is 11.3 Å². The number of hydrogen-bond acceptors (Lipinski definition) is 3. The third kappa shape index (κ3) is 5.09. The van der Waals surface area contributed by atoms with Gasteiger partial charge in [-0.2, -0.15) is 0 Å². The highest BCUT2D eigenvalue weighted by Crippen LogP contribution is 2.14. The Hall–Kier alpha value is -0.380. The molecule has 0 bridgehead atoms. The summed E-state index contributed by atoms with van der Waals surface area (Å²) in [4.78, 5) is 3.99. The van der Waals surface area contributed by atoms with Crippen LogP contribution in [-0.2, 0) is 6.54 Å². The molecule has 0 fully saturated rings. The molecule has 0 spiro atoms. The summed E-state index contributed by atoms with van der Waals surface area (Å²) in [7, 11) is 0. The monoisotopic (exact) mass is 268 g/mol. The average Bonchev–Trinajstić information content (AvgIpc) is 2.86. The van der Waals surface area contributed by atoms with Crippen molar-refractivity contribution in [2.45, 2.75) is 59.2 Å². The standard InChI is InChI=1S/C15H28N2S/c1-6-15(4,5)16-11-13(3)17(7-2)12-14-9-8-10-18-14/h8-10,13,16H,6-7,11-12H2,1-5H3. The molecule has 0 aromatic carbocycles. The minimum Gasteiger partial charge on any atom is -0.310 e. The molecule has 0 radical (unpaired) electrons. The van der Waals surface area contributed by atoms with Crippen molar-refractivity contribution in [3.05, 3.63) is 22.4 Å². The molecule has 0 saturated heterocycles. The molecular weight excluding hydrogens is 240 g/mol. The maximum absolute atomic E-state index is 3.66. The van der Waals surface area contributed by atoms with Gasteiger partial charge in [0.05, 0.1) is 0 Å². The Morgan fingerprint density at radius 2 is 2.11 bits per heavy atom. The summed E-state index contributed by atoms with van der Waals surface area (Å²) in [6, 6.07) is 4.93. The maximum atomic E-state index is 3.66. The highest BCUT2D eigenvalue weighted by Gasteiger charge is 2.18. The summed E-state index contributed by atoms with van der Waals surface area (Å²) < 4.78 is 0. The van der Waals surface area contributed by atoms with E-state index >= 15 is 0 Å². The summed E-state index contributed by atoms with van der Waals surface area (Å²) in [5.41, 5.74) is 0.247. The smallest absolute Gasteiger partial charge is 0.0331 e. The Bertz CT molecular complexity index is 319. The van der Waals surface area contributed by atoms with Gasteiger partial charge in [0, 0.05) is 29.5 Å². The van der Waals surface area contributed by atoms with E-state index in [2.05, 4.69) is 62.3 Å². The molecule has 1 heterocycles. The first-order valence-electron chi connectivity index (χ1n) is 7.00. The van der Waals surface area contributed by atoms with Gasteiger partial charge in [-0.25, -0.2) is 0 Å². The highest BCUT2D eigenvalue weighted by molar-refractivity contribution is 7.09. The lowest BCUT2D eigenvalue weighted by molar-refractivity contribution is 0.194. The molecule has 0 aliphatic carbocycles. The Morgan fingerprint density at radius 3 is 2.61 bits per heavy atom. The number of likely N-dealkylation sites (N-methyl/N-ethyl adjacent to an activating group) is 1. The molecule has 18 heavy (non-hydrogen) atoms. The van der Waals surface area contributed by atoms with Gasteiger partial charge in [-0.05, 0) is 45.2 Å². The van der Waals surface area contributed by atoms with E-state index in [0.29, 0.717) is 6.04 Å². The lowest BCUT2D eigenvalue weighted by atomic mass is 10.0. The molecule has 104 valence electrons. The Balaban J connectivity index is 2.44. The zero-order valence-electron chi connectivity index (χ0n) is 12.5. The van der Waals surface area contributed by atoms with Gasteiger partial charge < -0.3 is 5.32 Å². The largest absolute Gasteiger partial charge is 0.310 e. The molecule has 1 unspecified atom stereocenters. The van der Waals surface area contributed by atoms with Crippen molar-refractivity contribution >= 4 is 11.3 Å². The van der Waals surface area contributed by atoms with E-state index in [9.17, 15) is 0 Å². The Morgan fingerprint density at radius 1 is 1.39 bits per heavy atom. The van der Waals surface area contributed by atoms with Crippen LogP contribution in [0, 0.1) is 0 Å². The second-order valence-electron chi connectivity index (χ2n) is 5.61. The SMILES string of the molecule is CCN(Cc1cccs1)C(C)CNC(C)(C)CC. The Kier molecular flexibility index (Phi) is 6.33. The minimum absolute atomic E-state index is 0.247. The van der Waals surface area contributed by atoms with Crippen molar-refractivity contribution in [2.75, 3.05) is 13.1 Å². The average molecular weight is 268 g/mol. The molecule has 0 saturated carbocycles. The van der Waals surface area contributed by atoms with E-state index < -0.39 is 0 Å². The fourth-order valence-electron chi connectivity index (χ4n) is 1.86. The van der Waals surface area contributed by atoms with Crippen molar-refractivity contribution in [1.29, 1.82) is 0 Å². The quantitative estimate of drug-likeness (QED) is 0.772. The fourth-order valence-corrected chi connectivity index (χ4v) is 2.59. The molecule has 0 amide bonds. The second-order valence-corrected chi connectivity index (χ2v) is 6.64. The zero-order valence-corrected chi connectivity index (χ0v) is 13.3. The molecule has 1 N–H and O–H groups in total. The molecule has 0 aliphatic heterocycles. The van der Waals surface area contributed by atoms with Crippen molar-refractivity contribution < 1.29 is 0 Å². The van der Waals surface area contributed by atoms with E-state index in [0.717, 1.165) is 26.1 Å². The molecule has 2 nitrogen and oxygen atoms in total. The van der Waals surface area contributed by atoms with Gasteiger partial charge in [0.15, 0.2) is 0 Å². The van der Waals surface area contributed by atoms with Gasteiger partial charge in [0.2, 0.25) is 0 Å². The molecule has 1 atom stereocenters. The van der Waals surface area contributed by atoms with Gasteiger partial charge >= 0.3 is 0 Å². The number of hydrogen-bond donors (Lipinski definition) is 1. The lowest BCUT2D eigenvalue weighted by Gasteiger charge is -2.32. The van der Waals surface area contributed by atoms with E-state index in [1.54, 1.807) is 0 Å². The van der Waals surface area contributed by atoms with Gasteiger partial charge in [0.1, 0.15) is 0 Å². The third-order valence-electron chi connectivity index (χ3n) is 3.73. The van der Waals surface area contributed by atoms with Crippen LogP contribution in [0.1, 0.15) is 45.9 Å². The van der Waals surface area contributed by atoms with Crippen LogP contribution < -0.4 is 5.32 Å². The summed E-state index contributed by atoms with van der Waals surface area (Å²) in [6.07, 6.45) is 1.16. The zero-order chi connectivity index (χ0) is 13.6. The molecule has 0 aliphatic rings. The van der Waals surface area contributed by atoms with Crippen molar-refractivity contribution in [1.82, 2.24) is 10.2 Å². The molecule has 3 heteroatoms. The molecular formula is C15H28N2S. The van der Waals surface area contributed by atoms with E-state index in [-0.39, 0.29) is 5.54 Å². The third-order valence-corrected chi connectivity index (χ3v) is 4.59. The van der Waals surface area contributed by atoms with Crippen LogP contribution in [0.25, 0.3) is 0 Å². The van der Waals surface area contributed by atoms with Crippen molar-refractivity contribution in [3.63, 3.8) is 0 Å². The fraction of sp³-hybridized carbons (Fsp3) is 0.733. The topological polar surface area (TPSA) is 15.3 Å². The van der Waals surface area contributed by atoms with Crippen LogP contribution >= 0.6 is 11.3 Å². The summed E-state index contributed by atoms with van der Waals surface area (Å²) >= 11 is 1.85.